The van der Waals surface area contributed by atoms with Crippen LogP contribution in [0.3, 0.4) is 0 Å². The molecule has 51 heavy (non-hydrogen) atoms. The third-order valence-corrected chi connectivity index (χ3v) is 8.26. The van der Waals surface area contributed by atoms with Gasteiger partial charge in [0.15, 0.2) is 0 Å². The third-order valence-electron chi connectivity index (χ3n) is 8.26. The molecule has 0 aromatic rings. The summed E-state index contributed by atoms with van der Waals surface area (Å²) in [6.07, 6.45) is 15.5. The largest absolute Gasteiger partial charge is 0.481 e. The molecule has 0 saturated heterocycles. The Kier molecular flexibility index (Phi) is 30.7. The highest BCUT2D eigenvalue weighted by molar-refractivity contribution is 5.86. The van der Waals surface area contributed by atoms with Crippen LogP contribution in [0.5, 0.6) is 0 Å². The summed E-state index contributed by atoms with van der Waals surface area (Å²) in [5.74, 6) is -5.88. The van der Waals surface area contributed by atoms with Crippen LogP contribution in [-0.2, 0) is 38.4 Å². The van der Waals surface area contributed by atoms with Crippen LogP contribution in [0.1, 0.15) is 155 Å². The van der Waals surface area contributed by atoms with E-state index in [-0.39, 0.29) is 50.2 Å². The molecule has 0 aliphatic carbocycles. The number of ketones is 1. The summed E-state index contributed by atoms with van der Waals surface area (Å²) in [5.41, 5.74) is 0. The number of hydrogen-bond donors (Lipinski definition) is 7. The Morgan fingerprint density at radius 2 is 0.804 bits per heavy atom. The van der Waals surface area contributed by atoms with Gasteiger partial charge in [0.25, 0.3) is 0 Å². The zero-order chi connectivity index (χ0) is 39.0. The van der Waals surface area contributed by atoms with Gasteiger partial charge in [0, 0.05) is 39.2 Å². The molecule has 3 atom stereocenters. The number of amides is 3. The first-order chi connectivity index (χ1) is 24.1. The second-order valence-corrected chi connectivity index (χ2v) is 13.0. The van der Waals surface area contributed by atoms with E-state index < -0.39 is 53.7 Å². The fraction of sp³-hybridized carbons (Fsp3) is 0.778. The van der Waals surface area contributed by atoms with Crippen molar-refractivity contribution < 1.29 is 58.8 Å². The topological polar surface area (TPSA) is 254 Å². The quantitative estimate of drug-likeness (QED) is 0.0474. The molecule has 0 rings (SSSR count). The predicted octanol–water partition coefficient (Wildman–Crippen LogP) is 4.83. The van der Waals surface area contributed by atoms with Crippen molar-refractivity contribution in [2.75, 3.05) is 7.05 Å². The van der Waals surface area contributed by atoms with Crippen molar-refractivity contribution >= 4 is 47.4 Å². The van der Waals surface area contributed by atoms with Crippen LogP contribution >= 0.6 is 0 Å². The maximum atomic E-state index is 12.2. The average molecular weight is 730 g/mol. The van der Waals surface area contributed by atoms with E-state index in [4.69, 9.17) is 10.2 Å². The van der Waals surface area contributed by atoms with E-state index in [1.165, 1.54) is 52.5 Å². The summed E-state index contributed by atoms with van der Waals surface area (Å²) < 4.78 is 0. The standard InChI is InChI=1S/C29H51N3O9.C7H12O3/c1-30-24(33)20-18-22(28(38)39)32-26(35)21-19-23(29(40)41)31-25(34)16-14-12-10-8-6-4-2-3-5-7-9-11-13-15-17-27(36)37;1-5(7(9)10)3-4-6(2)8/h22-23H,2-21H2,1H3,(H,30,33)(H,31,34)(H,32,35)(H,36,37)(H,38,39)(H,40,41);5H,3-4H2,1-2H3,(H,9,10)/t22-,23-;5-/m00/s1. The fourth-order valence-corrected chi connectivity index (χ4v) is 4.95. The number of rotatable bonds is 31. The monoisotopic (exact) mass is 729 g/mol. The third kappa shape index (κ3) is 32.9. The Morgan fingerprint density at radius 1 is 0.451 bits per heavy atom. The first kappa shape index (κ1) is 49.1. The van der Waals surface area contributed by atoms with Gasteiger partial charge in [-0.2, -0.15) is 0 Å². The SMILES string of the molecule is CC(=O)CC[C@H](C)C(=O)O.CNC(=O)CC[C@H](NC(=O)CC[C@H](NC(=O)CCCCCCCCCCCCCCCCC(=O)O)C(=O)O)C(=O)O. The van der Waals surface area contributed by atoms with Gasteiger partial charge in [0.2, 0.25) is 17.7 Å². The highest BCUT2D eigenvalue weighted by Crippen LogP contribution is 2.14. The van der Waals surface area contributed by atoms with Gasteiger partial charge in [-0.05, 0) is 39.0 Å². The van der Waals surface area contributed by atoms with Gasteiger partial charge in [-0.3, -0.25) is 24.0 Å². The van der Waals surface area contributed by atoms with E-state index in [0.29, 0.717) is 19.3 Å². The Bertz CT molecular complexity index is 1070. The summed E-state index contributed by atoms with van der Waals surface area (Å²) in [6.45, 7) is 3.07. The van der Waals surface area contributed by atoms with Crippen LogP contribution in [0.2, 0.25) is 0 Å². The Labute approximate surface area is 302 Å². The second kappa shape index (κ2) is 31.9. The smallest absolute Gasteiger partial charge is 0.326 e. The van der Waals surface area contributed by atoms with E-state index in [0.717, 1.165) is 44.9 Å². The minimum Gasteiger partial charge on any atom is -0.481 e. The van der Waals surface area contributed by atoms with E-state index in [1.807, 2.05) is 0 Å². The molecular weight excluding hydrogens is 666 g/mol. The van der Waals surface area contributed by atoms with Crippen LogP contribution in [0.25, 0.3) is 0 Å². The first-order valence-corrected chi connectivity index (χ1v) is 18.3. The summed E-state index contributed by atoms with van der Waals surface area (Å²) in [4.78, 5) is 89.5. The number of carboxylic acid groups (broad SMARTS) is 4. The number of aliphatic carboxylic acids is 4. The molecule has 0 aliphatic heterocycles. The Morgan fingerprint density at radius 3 is 1.14 bits per heavy atom. The molecule has 0 saturated carbocycles. The van der Waals surface area contributed by atoms with E-state index in [2.05, 4.69) is 16.0 Å². The molecule has 7 N–H and O–H groups in total. The van der Waals surface area contributed by atoms with Crippen molar-refractivity contribution in [1.29, 1.82) is 0 Å². The van der Waals surface area contributed by atoms with Crippen LogP contribution in [0.4, 0.5) is 0 Å². The van der Waals surface area contributed by atoms with Gasteiger partial charge in [0.1, 0.15) is 17.9 Å². The van der Waals surface area contributed by atoms with Crippen LogP contribution < -0.4 is 16.0 Å². The number of carboxylic acids is 4. The normalized spacial score (nSPS) is 12.3. The second-order valence-electron chi connectivity index (χ2n) is 13.0. The highest BCUT2D eigenvalue weighted by atomic mass is 16.4. The lowest BCUT2D eigenvalue weighted by atomic mass is 10.0. The van der Waals surface area contributed by atoms with Crippen molar-refractivity contribution in [2.45, 2.75) is 167 Å². The maximum Gasteiger partial charge on any atom is 0.326 e. The summed E-state index contributed by atoms with van der Waals surface area (Å²) in [6, 6.07) is -2.52. The molecule has 0 radical (unpaired) electrons. The molecule has 0 unspecified atom stereocenters. The molecule has 294 valence electrons. The average Bonchev–Trinajstić information content (AvgIpc) is 3.06. The number of carbonyl (C=O) groups excluding carboxylic acids is 4. The van der Waals surface area contributed by atoms with Gasteiger partial charge in [0.05, 0.1) is 5.92 Å². The number of nitrogens with one attached hydrogen (secondary N) is 3. The molecular formula is C36H63N3O12. The van der Waals surface area contributed by atoms with Crippen molar-refractivity contribution in [3.63, 3.8) is 0 Å². The Hall–Kier alpha value is -4.04. The lowest BCUT2D eigenvalue weighted by Gasteiger charge is -2.17. The summed E-state index contributed by atoms with van der Waals surface area (Å²) in [5, 5.41) is 42.7. The molecule has 0 fully saturated rings. The van der Waals surface area contributed by atoms with Gasteiger partial charge in [-0.15, -0.1) is 0 Å². The van der Waals surface area contributed by atoms with Crippen molar-refractivity contribution in [3.8, 4) is 0 Å². The lowest BCUT2D eigenvalue weighted by Crippen LogP contribution is -2.44. The molecule has 0 aromatic heterocycles. The van der Waals surface area contributed by atoms with Gasteiger partial charge < -0.3 is 41.2 Å². The minimum atomic E-state index is -1.29. The lowest BCUT2D eigenvalue weighted by molar-refractivity contribution is -0.143. The maximum absolute atomic E-state index is 12.2. The molecule has 15 heteroatoms. The Balaban J connectivity index is 0. The number of carbonyl (C=O) groups is 8. The summed E-state index contributed by atoms with van der Waals surface area (Å²) >= 11 is 0. The van der Waals surface area contributed by atoms with E-state index in [1.54, 1.807) is 6.92 Å². The molecule has 0 heterocycles. The number of hydrogen-bond acceptors (Lipinski definition) is 8. The fourth-order valence-electron chi connectivity index (χ4n) is 4.95. The molecule has 3 amide bonds. The minimum absolute atomic E-state index is 0.0492. The van der Waals surface area contributed by atoms with Crippen molar-refractivity contribution in [2.24, 2.45) is 5.92 Å². The molecule has 0 aliphatic rings. The molecule has 0 aromatic carbocycles. The molecule has 0 bridgehead atoms. The number of unbranched alkanes of at least 4 members (excludes halogenated alkanes) is 13. The van der Waals surface area contributed by atoms with E-state index >= 15 is 0 Å². The zero-order valence-electron chi connectivity index (χ0n) is 30.8. The van der Waals surface area contributed by atoms with Gasteiger partial charge >= 0.3 is 23.9 Å². The van der Waals surface area contributed by atoms with Gasteiger partial charge in [-0.1, -0.05) is 84.0 Å². The predicted molar refractivity (Wildman–Crippen MR) is 190 cm³/mol. The van der Waals surface area contributed by atoms with Gasteiger partial charge in [-0.25, -0.2) is 9.59 Å². The first-order valence-electron chi connectivity index (χ1n) is 18.3. The highest BCUT2D eigenvalue weighted by Gasteiger charge is 2.24. The zero-order valence-corrected chi connectivity index (χ0v) is 30.8. The van der Waals surface area contributed by atoms with Crippen LogP contribution in [-0.4, -0.2) is 86.9 Å². The van der Waals surface area contributed by atoms with Crippen molar-refractivity contribution in [3.05, 3.63) is 0 Å². The summed E-state index contributed by atoms with van der Waals surface area (Å²) in [7, 11) is 1.42. The molecule has 15 nitrogen and oxygen atoms in total. The number of Topliss-reactive ketones (excluding diaryl/α,β-unsaturated/α-hetero) is 1. The van der Waals surface area contributed by atoms with Crippen LogP contribution in [0.15, 0.2) is 0 Å². The molecule has 0 spiro atoms. The van der Waals surface area contributed by atoms with Crippen molar-refractivity contribution in [1.82, 2.24) is 16.0 Å². The van der Waals surface area contributed by atoms with E-state index in [9.17, 15) is 48.6 Å². The van der Waals surface area contributed by atoms with Crippen LogP contribution in [0, 0.1) is 5.92 Å².